The number of aliphatic hydroxyl groups is 1. The highest BCUT2D eigenvalue weighted by molar-refractivity contribution is 14.1. The average Bonchev–Trinajstić information content (AvgIpc) is 3.02. The quantitative estimate of drug-likeness (QED) is 0.390. The first-order valence-corrected chi connectivity index (χ1v) is 14.7. The van der Waals surface area contributed by atoms with Gasteiger partial charge in [-0.2, -0.15) is 0 Å². The molecule has 3 nitrogen and oxygen atoms in total. The van der Waals surface area contributed by atoms with E-state index >= 15 is 0 Å². The van der Waals surface area contributed by atoms with Gasteiger partial charge in [-0.05, 0) is 83.1 Å². The van der Waals surface area contributed by atoms with Crippen LogP contribution in [0.4, 0.5) is 0 Å². The lowest BCUT2D eigenvalue weighted by molar-refractivity contribution is 0.0196. The molecule has 2 aromatic rings. The van der Waals surface area contributed by atoms with E-state index in [-0.39, 0.29) is 18.8 Å². The van der Waals surface area contributed by atoms with E-state index in [0.29, 0.717) is 11.5 Å². The molecule has 1 N–H and O–H groups in total. The minimum absolute atomic E-state index is 0.139. The second-order valence-corrected chi connectivity index (χ2v) is 14.7. The maximum atomic E-state index is 9.68. The van der Waals surface area contributed by atoms with E-state index in [1.54, 1.807) is 7.11 Å². The molecule has 29 heavy (non-hydrogen) atoms. The van der Waals surface area contributed by atoms with Crippen LogP contribution in [0.5, 0.6) is 5.75 Å². The number of hydrogen-bond acceptors (Lipinski definition) is 3. The highest BCUT2D eigenvalue weighted by Crippen LogP contribution is 2.46. The zero-order chi connectivity index (χ0) is 21.0. The van der Waals surface area contributed by atoms with Crippen molar-refractivity contribution in [1.29, 1.82) is 0 Å². The lowest BCUT2D eigenvalue weighted by Gasteiger charge is -2.36. The van der Waals surface area contributed by atoms with E-state index in [2.05, 4.69) is 91.1 Å². The molecule has 1 aliphatic rings. The predicted octanol–water partition coefficient (Wildman–Crippen LogP) is 5.00. The largest absolute Gasteiger partial charge is 0.497 e. The first-order valence-electron chi connectivity index (χ1n) is 10.5. The zero-order valence-corrected chi connectivity index (χ0v) is 21.1. The van der Waals surface area contributed by atoms with Crippen LogP contribution in [0.25, 0.3) is 0 Å². The number of aliphatic hydroxyl groups excluding tert-OH is 1. The van der Waals surface area contributed by atoms with E-state index < -0.39 is 8.07 Å². The first-order chi connectivity index (χ1) is 13.9. The molecule has 1 fully saturated rings. The Kier molecular flexibility index (Phi) is 7.81. The summed E-state index contributed by atoms with van der Waals surface area (Å²) in [6.07, 6.45) is 3.18. The molecule has 158 valence electrons. The van der Waals surface area contributed by atoms with Gasteiger partial charge in [-0.1, -0.05) is 49.5 Å². The summed E-state index contributed by atoms with van der Waals surface area (Å²) in [6, 6.07) is 17.3. The van der Waals surface area contributed by atoms with E-state index in [9.17, 15) is 5.11 Å². The molecule has 0 unspecified atom stereocenters. The molecular formula is C24H33IO3Si. The molecular weight excluding hydrogens is 491 g/mol. The second-order valence-electron chi connectivity index (χ2n) is 8.73. The highest BCUT2D eigenvalue weighted by Gasteiger charge is 2.50. The molecule has 0 radical (unpaired) electrons. The summed E-state index contributed by atoms with van der Waals surface area (Å²) in [5.74, 6) is 1.38. The predicted molar refractivity (Wildman–Crippen MR) is 131 cm³/mol. The van der Waals surface area contributed by atoms with Gasteiger partial charge >= 0.3 is 0 Å². The van der Waals surface area contributed by atoms with Crippen molar-refractivity contribution in [2.45, 2.75) is 57.0 Å². The van der Waals surface area contributed by atoms with Crippen molar-refractivity contribution in [2.75, 3.05) is 13.7 Å². The Morgan fingerprint density at radius 2 is 1.79 bits per heavy atom. The number of rotatable bonds is 8. The lowest BCUT2D eigenvalue weighted by atomic mass is 9.95. The van der Waals surface area contributed by atoms with Crippen LogP contribution in [0.3, 0.4) is 0 Å². The molecule has 3 rings (SSSR count). The van der Waals surface area contributed by atoms with Crippen molar-refractivity contribution >= 4 is 35.9 Å². The van der Waals surface area contributed by atoms with Gasteiger partial charge < -0.3 is 14.6 Å². The number of halogens is 1. The van der Waals surface area contributed by atoms with Crippen molar-refractivity contribution in [3.8, 4) is 5.75 Å². The molecule has 0 bridgehead atoms. The summed E-state index contributed by atoms with van der Waals surface area (Å²) in [5, 5.41) is 11.1. The van der Waals surface area contributed by atoms with Crippen molar-refractivity contribution in [2.24, 2.45) is 5.92 Å². The molecule has 0 amide bonds. The normalized spacial score (nSPS) is 24.6. The molecule has 5 heteroatoms. The molecule has 0 aromatic heterocycles. The van der Waals surface area contributed by atoms with Crippen LogP contribution >= 0.6 is 22.6 Å². The SMILES string of the molecule is COc1ccc([Si](C)(C)[C@H]2[C@H](C)[C@H](CCc3cccc(I)c3)O[C@@H]2CCO)cc1. The highest BCUT2D eigenvalue weighted by atomic mass is 127. The first kappa shape index (κ1) is 22.8. The number of ether oxygens (including phenoxy) is 2. The van der Waals surface area contributed by atoms with E-state index in [4.69, 9.17) is 9.47 Å². The number of benzene rings is 2. The van der Waals surface area contributed by atoms with Crippen LogP contribution in [0, 0.1) is 9.49 Å². The Hall–Kier alpha value is -0.893. The Bertz CT molecular complexity index is 793. The third-order valence-corrected chi connectivity index (χ3v) is 11.6. The third-order valence-electron chi connectivity index (χ3n) is 6.59. The standard InChI is InChI=1S/C24H33IO3Si/c1-17-22(13-8-18-6-5-7-19(25)16-18)28-23(14-15-26)24(17)29(3,4)21-11-9-20(27-2)10-12-21/h5-7,9-12,16-17,22-24,26H,8,13-15H2,1-4H3/t17-,22+,23-,24+/m1/s1. The van der Waals surface area contributed by atoms with E-state index in [1.165, 1.54) is 14.3 Å². The van der Waals surface area contributed by atoms with Crippen LogP contribution < -0.4 is 9.92 Å². The fraction of sp³-hybridized carbons (Fsp3) is 0.500. The summed E-state index contributed by atoms with van der Waals surface area (Å²) in [4.78, 5) is 0. The van der Waals surface area contributed by atoms with Gasteiger partial charge in [-0.15, -0.1) is 0 Å². The van der Waals surface area contributed by atoms with Crippen LogP contribution in [0.1, 0.15) is 25.3 Å². The number of aryl methyl sites for hydroxylation is 1. The van der Waals surface area contributed by atoms with Gasteiger partial charge in [0.05, 0.1) is 27.4 Å². The Balaban J connectivity index is 1.78. The van der Waals surface area contributed by atoms with Gasteiger partial charge in [-0.3, -0.25) is 0 Å². The summed E-state index contributed by atoms with van der Waals surface area (Å²) < 4.78 is 13.2. The van der Waals surface area contributed by atoms with Gasteiger partial charge in [0.25, 0.3) is 0 Å². The monoisotopic (exact) mass is 524 g/mol. The van der Waals surface area contributed by atoms with Crippen molar-refractivity contribution < 1.29 is 14.6 Å². The van der Waals surface area contributed by atoms with Crippen LogP contribution in [-0.2, 0) is 11.2 Å². The van der Waals surface area contributed by atoms with Gasteiger partial charge in [0, 0.05) is 10.2 Å². The van der Waals surface area contributed by atoms with E-state index in [1.807, 2.05) is 0 Å². The molecule has 1 heterocycles. The molecule has 1 saturated heterocycles. The van der Waals surface area contributed by atoms with Gasteiger partial charge in [-0.25, -0.2) is 0 Å². The van der Waals surface area contributed by atoms with Crippen molar-refractivity contribution in [3.05, 3.63) is 57.7 Å². The summed E-state index contributed by atoms with van der Waals surface area (Å²) in [5.41, 5.74) is 1.87. The fourth-order valence-corrected chi connectivity index (χ4v) is 9.77. The topological polar surface area (TPSA) is 38.7 Å². The van der Waals surface area contributed by atoms with Crippen molar-refractivity contribution in [3.63, 3.8) is 0 Å². The minimum atomic E-state index is -1.80. The number of hydrogen-bond donors (Lipinski definition) is 1. The summed E-state index contributed by atoms with van der Waals surface area (Å²) in [7, 11) is -0.0889. The summed E-state index contributed by atoms with van der Waals surface area (Å²) in [6.45, 7) is 7.45. The van der Waals surface area contributed by atoms with Crippen LogP contribution in [0.15, 0.2) is 48.5 Å². The molecule has 2 aromatic carbocycles. The Morgan fingerprint density at radius 3 is 2.41 bits per heavy atom. The molecule has 1 aliphatic heterocycles. The molecule has 0 spiro atoms. The second kappa shape index (κ2) is 9.94. The maximum Gasteiger partial charge on any atom is 0.118 e. The van der Waals surface area contributed by atoms with Crippen LogP contribution in [-0.4, -0.2) is 39.1 Å². The third kappa shape index (κ3) is 5.24. The maximum absolute atomic E-state index is 9.68. The Morgan fingerprint density at radius 1 is 1.07 bits per heavy atom. The molecule has 0 aliphatic carbocycles. The van der Waals surface area contributed by atoms with Gasteiger partial charge in [0.15, 0.2) is 0 Å². The van der Waals surface area contributed by atoms with Gasteiger partial charge in [0.1, 0.15) is 5.75 Å². The van der Waals surface area contributed by atoms with E-state index in [0.717, 1.165) is 25.0 Å². The van der Waals surface area contributed by atoms with Crippen LogP contribution in [0.2, 0.25) is 18.6 Å². The smallest absolute Gasteiger partial charge is 0.118 e. The zero-order valence-electron chi connectivity index (χ0n) is 17.9. The minimum Gasteiger partial charge on any atom is -0.497 e. The number of methoxy groups -OCH3 is 1. The lowest BCUT2D eigenvalue weighted by Crippen LogP contribution is -2.50. The molecule has 4 atom stereocenters. The molecule has 0 saturated carbocycles. The fourth-order valence-electron chi connectivity index (χ4n) is 5.05. The van der Waals surface area contributed by atoms with Gasteiger partial charge in [0.2, 0.25) is 0 Å². The average molecular weight is 525 g/mol. The summed E-state index contributed by atoms with van der Waals surface area (Å²) >= 11 is 2.37. The Labute approximate surface area is 190 Å². The van der Waals surface area contributed by atoms with Crippen molar-refractivity contribution in [1.82, 2.24) is 0 Å².